The van der Waals surface area contributed by atoms with Gasteiger partial charge in [0, 0.05) is 26.0 Å². The number of hydrazone groups is 1. The molecule has 2 aliphatic rings. The van der Waals surface area contributed by atoms with Crippen molar-refractivity contribution in [2.24, 2.45) is 11.0 Å². The number of nitrogens with zero attached hydrogens (tertiary/aromatic N) is 2. The zero-order valence-electron chi connectivity index (χ0n) is 17.7. The van der Waals surface area contributed by atoms with Crippen molar-refractivity contribution in [3.63, 3.8) is 0 Å². The van der Waals surface area contributed by atoms with E-state index in [2.05, 4.69) is 22.0 Å². The summed E-state index contributed by atoms with van der Waals surface area (Å²) in [5, 5.41) is 8.01. The number of carbonyl (C=O) groups excluding carboxylic acids is 1. The van der Waals surface area contributed by atoms with Gasteiger partial charge in [0.2, 0.25) is 0 Å². The fourth-order valence-electron chi connectivity index (χ4n) is 4.65. The predicted octanol–water partition coefficient (Wildman–Crippen LogP) is 8.19. The fraction of sp³-hybridized carbons (Fsp3) is 0.185. The van der Waals surface area contributed by atoms with E-state index in [-0.39, 0.29) is 17.9 Å². The van der Waals surface area contributed by atoms with Gasteiger partial charge in [-0.1, -0.05) is 63.4 Å². The Kier molecular flexibility index (Phi) is 6.42. The Labute approximate surface area is 211 Å². The number of rotatable bonds is 3. The summed E-state index contributed by atoms with van der Waals surface area (Å²) in [4.78, 5) is 13.6. The van der Waals surface area contributed by atoms with Crippen molar-refractivity contribution in [2.45, 2.75) is 25.3 Å². The molecular weight excluding hydrogens is 519 g/mol. The Bertz CT molecular complexity index is 1230. The third-order valence-corrected chi connectivity index (χ3v) is 7.26. The Morgan fingerprint density at radius 1 is 0.939 bits per heavy atom. The minimum atomic E-state index is -0.165. The van der Waals surface area contributed by atoms with Gasteiger partial charge in [-0.25, -0.2) is 5.01 Å². The van der Waals surface area contributed by atoms with Crippen LogP contribution in [0.2, 0.25) is 10.0 Å². The summed E-state index contributed by atoms with van der Waals surface area (Å²) in [6.07, 6.45) is 5.14. The van der Waals surface area contributed by atoms with Crippen LogP contribution in [0, 0.1) is 5.92 Å². The van der Waals surface area contributed by atoms with E-state index in [0.717, 1.165) is 40.6 Å². The second-order valence-electron chi connectivity index (χ2n) is 8.36. The summed E-state index contributed by atoms with van der Waals surface area (Å²) in [6.45, 7) is 0. The lowest BCUT2D eigenvalue weighted by Gasteiger charge is -2.29. The Morgan fingerprint density at radius 3 is 2.24 bits per heavy atom. The quantitative estimate of drug-likeness (QED) is 0.330. The zero-order chi connectivity index (χ0) is 22.9. The summed E-state index contributed by atoms with van der Waals surface area (Å²) >= 11 is 15.7. The SMILES string of the molecule is O=C(c1ccc(Br)cc1)N1N=C2/C(=C/c3ccc(Cl)cc3)CCC[C@@H]2[C@@H]1c1ccc(Cl)cc1. The van der Waals surface area contributed by atoms with E-state index >= 15 is 0 Å². The molecule has 2 atom stereocenters. The molecule has 6 heteroatoms. The normalized spacial score (nSPS) is 21.1. The molecule has 3 aromatic rings. The van der Waals surface area contributed by atoms with E-state index in [1.54, 1.807) is 5.01 Å². The van der Waals surface area contributed by atoms with Gasteiger partial charge in [-0.05, 0) is 90.6 Å². The Balaban J connectivity index is 1.57. The first kappa shape index (κ1) is 22.4. The van der Waals surface area contributed by atoms with Gasteiger partial charge in [-0.3, -0.25) is 4.79 Å². The van der Waals surface area contributed by atoms with Crippen LogP contribution >= 0.6 is 39.1 Å². The molecule has 0 aromatic heterocycles. The van der Waals surface area contributed by atoms with Gasteiger partial charge < -0.3 is 0 Å². The summed E-state index contributed by atoms with van der Waals surface area (Å²) in [5.74, 6) is 0.0352. The third-order valence-electron chi connectivity index (χ3n) is 6.22. The lowest BCUT2D eigenvalue weighted by Crippen LogP contribution is -2.31. The van der Waals surface area contributed by atoms with E-state index in [1.165, 1.54) is 5.57 Å². The highest BCUT2D eigenvalue weighted by atomic mass is 79.9. The largest absolute Gasteiger partial charge is 0.274 e. The summed E-state index contributed by atoms with van der Waals surface area (Å²) in [6, 6.07) is 22.8. The predicted molar refractivity (Wildman–Crippen MR) is 139 cm³/mol. The zero-order valence-corrected chi connectivity index (χ0v) is 20.8. The number of allylic oxidation sites excluding steroid dienone is 1. The first-order valence-electron chi connectivity index (χ1n) is 10.9. The summed E-state index contributed by atoms with van der Waals surface area (Å²) in [5.41, 5.74) is 4.92. The van der Waals surface area contributed by atoms with Crippen LogP contribution in [0.5, 0.6) is 0 Å². The van der Waals surface area contributed by atoms with Gasteiger partial charge in [0.05, 0.1) is 11.8 Å². The second-order valence-corrected chi connectivity index (χ2v) is 10.1. The van der Waals surface area contributed by atoms with Crippen LogP contribution in [0.15, 0.2) is 87.9 Å². The third kappa shape index (κ3) is 4.65. The van der Waals surface area contributed by atoms with Crippen molar-refractivity contribution in [1.29, 1.82) is 0 Å². The molecule has 1 heterocycles. The average molecular weight is 540 g/mol. The Morgan fingerprint density at radius 2 is 1.58 bits per heavy atom. The summed E-state index contributed by atoms with van der Waals surface area (Å²) < 4.78 is 0.933. The van der Waals surface area contributed by atoms with Crippen molar-refractivity contribution in [1.82, 2.24) is 5.01 Å². The fourth-order valence-corrected chi connectivity index (χ4v) is 5.16. The highest BCUT2D eigenvalue weighted by molar-refractivity contribution is 9.10. The molecule has 0 spiro atoms. The number of benzene rings is 3. The molecule has 1 fully saturated rings. The van der Waals surface area contributed by atoms with Gasteiger partial charge in [0.1, 0.15) is 0 Å². The highest BCUT2D eigenvalue weighted by Gasteiger charge is 2.43. The molecule has 0 bridgehead atoms. The van der Waals surface area contributed by atoms with Crippen LogP contribution in [-0.4, -0.2) is 16.6 Å². The van der Waals surface area contributed by atoms with E-state index in [9.17, 15) is 4.79 Å². The van der Waals surface area contributed by atoms with Crippen molar-refractivity contribution >= 4 is 56.8 Å². The van der Waals surface area contributed by atoms with Gasteiger partial charge in [-0.15, -0.1) is 0 Å². The van der Waals surface area contributed by atoms with E-state index in [0.29, 0.717) is 15.6 Å². The van der Waals surface area contributed by atoms with E-state index in [1.807, 2.05) is 72.8 Å². The van der Waals surface area contributed by atoms with Crippen LogP contribution in [0.25, 0.3) is 6.08 Å². The molecule has 0 unspecified atom stereocenters. The van der Waals surface area contributed by atoms with Crippen LogP contribution in [-0.2, 0) is 0 Å². The molecule has 33 heavy (non-hydrogen) atoms. The topological polar surface area (TPSA) is 32.7 Å². The number of amides is 1. The standard InChI is InChI=1S/C27H21BrCl2N2O/c28-21-10-6-19(7-11-21)27(33)32-26(18-8-14-23(30)15-9-18)24-3-1-2-20(25(24)31-32)16-17-4-12-22(29)13-5-17/h4-16,24,26H,1-3H2/b20-16+/t24-,26-/m0/s1. The minimum Gasteiger partial charge on any atom is -0.267 e. The van der Waals surface area contributed by atoms with E-state index in [4.69, 9.17) is 28.3 Å². The van der Waals surface area contributed by atoms with Gasteiger partial charge in [0.15, 0.2) is 0 Å². The molecule has 1 aliphatic carbocycles. The lowest BCUT2D eigenvalue weighted by atomic mass is 9.77. The number of fused-ring (bicyclic) bond motifs is 1. The molecule has 166 valence electrons. The van der Waals surface area contributed by atoms with Crippen molar-refractivity contribution in [3.8, 4) is 0 Å². The highest BCUT2D eigenvalue weighted by Crippen LogP contribution is 2.45. The second kappa shape index (κ2) is 9.46. The number of hydrogen-bond donors (Lipinski definition) is 0. The number of halogens is 3. The Hall–Kier alpha value is -2.40. The molecule has 3 aromatic carbocycles. The number of hydrogen-bond acceptors (Lipinski definition) is 2. The van der Waals surface area contributed by atoms with Crippen molar-refractivity contribution in [3.05, 3.63) is 110 Å². The number of carbonyl (C=O) groups is 1. The van der Waals surface area contributed by atoms with Gasteiger partial charge >= 0.3 is 0 Å². The smallest absolute Gasteiger partial charge is 0.267 e. The summed E-state index contributed by atoms with van der Waals surface area (Å²) in [7, 11) is 0. The maximum absolute atomic E-state index is 13.6. The van der Waals surface area contributed by atoms with Crippen LogP contribution in [0.4, 0.5) is 0 Å². The molecular formula is C27H21BrCl2N2O. The molecule has 0 radical (unpaired) electrons. The van der Waals surface area contributed by atoms with E-state index < -0.39 is 0 Å². The van der Waals surface area contributed by atoms with Gasteiger partial charge in [-0.2, -0.15) is 5.10 Å². The average Bonchev–Trinajstić information content (AvgIpc) is 3.22. The molecule has 1 amide bonds. The van der Waals surface area contributed by atoms with Crippen molar-refractivity contribution in [2.75, 3.05) is 0 Å². The minimum absolute atomic E-state index is 0.102. The molecule has 3 nitrogen and oxygen atoms in total. The van der Waals surface area contributed by atoms with Crippen LogP contribution in [0.3, 0.4) is 0 Å². The van der Waals surface area contributed by atoms with Crippen LogP contribution in [0.1, 0.15) is 46.8 Å². The molecule has 5 rings (SSSR count). The van der Waals surface area contributed by atoms with Gasteiger partial charge in [0.25, 0.3) is 5.91 Å². The molecule has 1 aliphatic heterocycles. The monoisotopic (exact) mass is 538 g/mol. The first-order chi connectivity index (χ1) is 16.0. The molecule has 0 saturated heterocycles. The first-order valence-corrected chi connectivity index (χ1v) is 12.4. The molecule has 0 N–H and O–H groups in total. The maximum atomic E-state index is 13.6. The lowest BCUT2D eigenvalue weighted by molar-refractivity contribution is 0.0681. The maximum Gasteiger partial charge on any atom is 0.274 e. The van der Waals surface area contributed by atoms with Crippen LogP contribution < -0.4 is 0 Å². The van der Waals surface area contributed by atoms with Crippen molar-refractivity contribution < 1.29 is 4.79 Å². The molecule has 1 saturated carbocycles.